The Kier molecular flexibility index (Phi) is 7.26. The van der Waals surface area contributed by atoms with Crippen LogP contribution in [0.25, 0.3) is 11.1 Å². The van der Waals surface area contributed by atoms with E-state index < -0.39 is 0 Å². The van der Waals surface area contributed by atoms with Gasteiger partial charge in [-0.05, 0) is 41.2 Å². The highest BCUT2D eigenvalue weighted by molar-refractivity contribution is 7.98. The normalized spacial score (nSPS) is 17.7. The zero-order valence-electron chi connectivity index (χ0n) is 18.7. The summed E-state index contributed by atoms with van der Waals surface area (Å²) in [7, 11) is 2.00. The monoisotopic (exact) mass is 479 g/mol. The van der Waals surface area contributed by atoms with E-state index in [1.54, 1.807) is 11.8 Å². The molecule has 1 aliphatic rings. The number of imidazole rings is 1. The Labute approximate surface area is 203 Å². The number of amides is 1. The highest BCUT2D eigenvalue weighted by atomic mass is 35.5. The zero-order chi connectivity index (χ0) is 23.4. The summed E-state index contributed by atoms with van der Waals surface area (Å²) in [6.45, 7) is 2.89. The van der Waals surface area contributed by atoms with Crippen molar-refractivity contribution in [2.45, 2.75) is 30.3 Å². The Morgan fingerprint density at radius 1 is 1.27 bits per heavy atom. The fourth-order valence-electron chi connectivity index (χ4n) is 4.15. The van der Waals surface area contributed by atoms with E-state index in [4.69, 9.17) is 16.9 Å². The van der Waals surface area contributed by atoms with E-state index in [1.807, 2.05) is 42.2 Å². The molecule has 0 radical (unpaired) electrons. The van der Waals surface area contributed by atoms with E-state index in [0.717, 1.165) is 40.7 Å². The zero-order valence-corrected chi connectivity index (χ0v) is 20.2. The molecule has 1 saturated heterocycles. The van der Waals surface area contributed by atoms with Crippen LogP contribution in [-0.2, 0) is 17.6 Å². The number of halogens is 1. The highest BCUT2D eigenvalue weighted by Gasteiger charge is 2.35. The third-order valence-electron chi connectivity index (χ3n) is 5.84. The van der Waals surface area contributed by atoms with Gasteiger partial charge in [0.05, 0.1) is 16.8 Å². The van der Waals surface area contributed by atoms with Crippen LogP contribution in [0.3, 0.4) is 0 Å². The van der Waals surface area contributed by atoms with Crippen molar-refractivity contribution in [3.8, 4) is 17.2 Å². The van der Waals surface area contributed by atoms with E-state index in [2.05, 4.69) is 52.5 Å². The molecule has 0 saturated carbocycles. The van der Waals surface area contributed by atoms with Gasteiger partial charge in [-0.1, -0.05) is 60.6 Å². The Morgan fingerprint density at radius 2 is 2.03 bits per heavy atom. The van der Waals surface area contributed by atoms with Crippen molar-refractivity contribution in [3.63, 3.8) is 0 Å². The van der Waals surface area contributed by atoms with Gasteiger partial charge in [-0.25, -0.2) is 4.98 Å². The average Bonchev–Trinajstić information content (AvgIpc) is 3.41. The average molecular weight is 480 g/mol. The molecule has 3 aromatic rings. The fourth-order valence-corrected chi connectivity index (χ4v) is 5.26. The van der Waals surface area contributed by atoms with E-state index in [-0.39, 0.29) is 18.5 Å². The summed E-state index contributed by atoms with van der Waals surface area (Å²) in [5.41, 5.74) is 4.22. The van der Waals surface area contributed by atoms with Crippen molar-refractivity contribution in [1.82, 2.24) is 14.9 Å². The first-order chi connectivity index (χ1) is 16.0. The second-order valence-electron chi connectivity index (χ2n) is 8.36. The molecule has 8 heteroatoms. The van der Waals surface area contributed by atoms with Crippen molar-refractivity contribution in [1.29, 1.82) is 5.26 Å². The van der Waals surface area contributed by atoms with Crippen molar-refractivity contribution >= 4 is 35.0 Å². The number of nitrogens with one attached hydrogen (secondary N) is 1. The standard InChI is InChI=1S/C25H26ClN5OS/c1-17-13-23(24(32)28-10-9-27)31(15-17)22-14-20(7-8-21(22)26)19-5-3-18(4-6-19)16-33-25-29-11-12-30(25)2/h3-8,11-12,14,17,23H,10,13,15-16H2,1-2H3,(H,28,32)/t17-,23-/m0/s1. The molecule has 33 heavy (non-hydrogen) atoms. The summed E-state index contributed by atoms with van der Waals surface area (Å²) >= 11 is 8.29. The summed E-state index contributed by atoms with van der Waals surface area (Å²) in [5, 5.41) is 13.1. The molecule has 2 heterocycles. The molecule has 170 valence electrons. The third kappa shape index (κ3) is 5.35. The van der Waals surface area contributed by atoms with E-state index in [0.29, 0.717) is 10.9 Å². The maximum atomic E-state index is 12.7. The number of anilines is 1. The number of aromatic nitrogens is 2. The summed E-state index contributed by atoms with van der Waals surface area (Å²) in [6, 6.07) is 16.1. The number of aryl methyl sites for hydroxylation is 1. The second kappa shape index (κ2) is 10.3. The number of thioether (sulfide) groups is 1. The molecule has 1 aromatic heterocycles. The summed E-state index contributed by atoms with van der Waals surface area (Å²) < 4.78 is 2.02. The van der Waals surface area contributed by atoms with Gasteiger partial charge < -0.3 is 14.8 Å². The van der Waals surface area contributed by atoms with Crippen molar-refractivity contribution in [2.24, 2.45) is 13.0 Å². The van der Waals surface area contributed by atoms with Crippen LogP contribution in [0.4, 0.5) is 5.69 Å². The summed E-state index contributed by atoms with van der Waals surface area (Å²) in [6.07, 6.45) is 4.49. The van der Waals surface area contributed by atoms with Gasteiger partial charge in [0.15, 0.2) is 5.16 Å². The quantitative estimate of drug-likeness (QED) is 0.386. The van der Waals surface area contributed by atoms with Crippen molar-refractivity contribution in [2.75, 3.05) is 18.0 Å². The molecule has 0 aliphatic carbocycles. The van der Waals surface area contributed by atoms with Gasteiger partial charge in [0.25, 0.3) is 0 Å². The van der Waals surface area contributed by atoms with Gasteiger partial charge >= 0.3 is 0 Å². The van der Waals surface area contributed by atoms with Gasteiger partial charge in [-0.2, -0.15) is 5.26 Å². The molecule has 2 aromatic carbocycles. The Bertz CT molecular complexity index is 1170. The minimum atomic E-state index is -0.327. The molecule has 2 atom stereocenters. The van der Waals surface area contributed by atoms with Gasteiger partial charge in [-0.15, -0.1) is 0 Å². The van der Waals surface area contributed by atoms with Crippen LogP contribution < -0.4 is 10.2 Å². The molecule has 0 spiro atoms. The molecular formula is C25H26ClN5OS. The lowest BCUT2D eigenvalue weighted by molar-refractivity contribution is -0.122. The lowest BCUT2D eigenvalue weighted by Gasteiger charge is -2.27. The van der Waals surface area contributed by atoms with Gasteiger partial charge in [0.1, 0.15) is 12.6 Å². The highest BCUT2D eigenvalue weighted by Crippen LogP contribution is 2.37. The number of benzene rings is 2. The summed E-state index contributed by atoms with van der Waals surface area (Å²) in [5.74, 6) is 1.08. The SMILES string of the molecule is C[C@H]1C[C@@H](C(=O)NCC#N)N(c2cc(-c3ccc(CSc4nccn4C)cc3)ccc2Cl)C1. The smallest absolute Gasteiger partial charge is 0.243 e. The Hall–Kier alpha value is -2.95. The Balaban J connectivity index is 1.52. The number of hydrogen-bond acceptors (Lipinski definition) is 5. The number of nitriles is 1. The molecular weight excluding hydrogens is 454 g/mol. The first-order valence-corrected chi connectivity index (χ1v) is 12.2. The molecule has 1 fully saturated rings. The second-order valence-corrected chi connectivity index (χ2v) is 9.71. The predicted molar refractivity (Wildman–Crippen MR) is 133 cm³/mol. The number of carbonyl (C=O) groups excluding carboxylic acids is 1. The van der Waals surface area contributed by atoms with Crippen molar-refractivity contribution in [3.05, 3.63) is 65.4 Å². The first-order valence-electron chi connectivity index (χ1n) is 10.9. The van der Waals surface area contributed by atoms with Crippen LogP contribution in [0.2, 0.25) is 5.02 Å². The number of nitrogens with zero attached hydrogens (tertiary/aromatic N) is 4. The van der Waals surface area contributed by atoms with E-state index >= 15 is 0 Å². The largest absolute Gasteiger partial charge is 0.358 e. The number of carbonyl (C=O) groups is 1. The third-order valence-corrected chi connectivity index (χ3v) is 7.29. The Morgan fingerprint density at radius 3 is 2.73 bits per heavy atom. The van der Waals surface area contributed by atoms with Crippen LogP contribution in [0.5, 0.6) is 0 Å². The van der Waals surface area contributed by atoms with Crippen LogP contribution >= 0.6 is 23.4 Å². The topological polar surface area (TPSA) is 74.0 Å². The van der Waals surface area contributed by atoms with E-state index in [9.17, 15) is 4.79 Å². The molecule has 1 N–H and O–H groups in total. The van der Waals surface area contributed by atoms with E-state index in [1.165, 1.54) is 5.56 Å². The molecule has 0 bridgehead atoms. The van der Waals surface area contributed by atoms with Crippen LogP contribution in [0.15, 0.2) is 60.0 Å². The van der Waals surface area contributed by atoms with Gasteiger partial charge in [0, 0.05) is 31.7 Å². The van der Waals surface area contributed by atoms with Crippen LogP contribution in [-0.4, -0.2) is 34.6 Å². The number of rotatable bonds is 7. The van der Waals surface area contributed by atoms with Crippen molar-refractivity contribution < 1.29 is 4.79 Å². The lowest BCUT2D eigenvalue weighted by atomic mass is 10.0. The van der Waals surface area contributed by atoms with Crippen LogP contribution in [0.1, 0.15) is 18.9 Å². The molecule has 0 unspecified atom stereocenters. The molecule has 1 amide bonds. The molecule has 6 nitrogen and oxygen atoms in total. The van der Waals surface area contributed by atoms with Gasteiger partial charge in [-0.3, -0.25) is 4.79 Å². The minimum Gasteiger partial charge on any atom is -0.358 e. The molecule has 4 rings (SSSR count). The lowest BCUT2D eigenvalue weighted by Crippen LogP contribution is -2.43. The van der Waals surface area contributed by atoms with Crippen LogP contribution in [0, 0.1) is 17.2 Å². The molecule has 1 aliphatic heterocycles. The fraction of sp³-hybridized carbons (Fsp3) is 0.320. The predicted octanol–water partition coefficient (Wildman–Crippen LogP) is 4.89. The maximum absolute atomic E-state index is 12.7. The van der Waals surface area contributed by atoms with Gasteiger partial charge in [0.2, 0.25) is 5.91 Å². The summed E-state index contributed by atoms with van der Waals surface area (Å²) in [4.78, 5) is 19.1. The maximum Gasteiger partial charge on any atom is 0.243 e. The minimum absolute atomic E-state index is 0.0100. The first kappa shape index (κ1) is 23.2. The number of hydrogen-bond donors (Lipinski definition) is 1.